The molecule has 0 heterocycles. The molecule has 0 bridgehead atoms. The first-order valence-electron chi connectivity index (χ1n) is 2.55. The summed E-state index contributed by atoms with van der Waals surface area (Å²) in [6, 6.07) is 0. The molecule has 52 valence electrons. The molecule has 9 heavy (non-hydrogen) atoms. The molecule has 4 nitrogen and oxygen atoms in total. The Kier molecular flexibility index (Phi) is 2.70. The molecule has 4 heteroatoms. The lowest BCUT2D eigenvalue weighted by atomic mass is 10.1. The topological polar surface area (TPSA) is 80.4 Å². The molecule has 1 atom stereocenters. The fourth-order valence-corrected chi connectivity index (χ4v) is 0.389. The van der Waals surface area contributed by atoms with Gasteiger partial charge in [0.2, 0.25) is 5.91 Å². The van der Waals surface area contributed by atoms with Gasteiger partial charge in [0.1, 0.15) is 0 Å². The van der Waals surface area contributed by atoms with E-state index in [0.717, 1.165) is 0 Å². The second-order valence-electron chi connectivity index (χ2n) is 1.91. The maximum Gasteiger partial charge on any atom is 0.306 e. The lowest BCUT2D eigenvalue weighted by Gasteiger charge is -1.99. The van der Waals surface area contributed by atoms with E-state index in [1.807, 2.05) is 0 Å². The predicted octanol–water partition coefficient (Wildman–Crippen LogP) is -0.418. The van der Waals surface area contributed by atoms with Crippen molar-refractivity contribution < 1.29 is 14.7 Å². The molecule has 0 aromatic rings. The monoisotopic (exact) mass is 131 g/mol. The molecule has 0 saturated heterocycles. The molecule has 1 amide bonds. The minimum atomic E-state index is -0.992. The smallest absolute Gasteiger partial charge is 0.306 e. The van der Waals surface area contributed by atoms with E-state index >= 15 is 0 Å². The van der Waals surface area contributed by atoms with Gasteiger partial charge in [0.15, 0.2) is 0 Å². The summed E-state index contributed by atoms with van der Waals surface area (Å²) in [5, 5.41) is 8.22. The summed E-state index contributed by atoms with van der Waals surface area (Å²) in [7, 11) is 0. The van der Waals surface area contributed by atoms with E-state index in [-0.39, 0.29) is 6.42 Å². The van der Waals surface area contributed by atoms with Crippen molar-refractivity contribution in [1.82, 2.24) is 0 Å². The second kappa shape index (κ2) is 3.06. The number of carbonyl (C=O) groups is 2. The maximum absolute atomic E-state index is 10.1. The number of amides is 1. The van der Waals surface area contributed by atoms with Crippen molar-refractivity contribution >= 4 is 11.9 Å². The number of rotatable bonds is 3. The van der Waals surface area contributed by atoms with Gasteiger partial charge in [-0.15, -0.1) is 0 Å². The highest BCUT2D eigenvalue weighted by Gasteiger charge is 2.12. The van der Waals surface area contributed by atoms with Crippen LogP contribution in [0.1, 0.15) is 13.3 Å². The van der Waals surface area contributed by atoms with Crippen LogP contribution in [0, 0.1) is 5.92 Å². The number of carboxylic acids is 1. The Bertz CT molecular complexity index is 132. The summed E-state index contributed by atoms with van der Waals surface area (Å²) in [6.45, 7) is 1.44. The van der Waals surface area contributed by atoms with E-state index < -0.39 is 17.8 Å². The Labute approximate surface area is 52.7 Å². The number of carbonyl (C=O) groups excluding carboxylic acids is 1. The van der Waals surface area contributed by atoms with Crippen LogP contribution in [0.2, 0.25) is 0 Å². The Morgan fingerprint density at radius 1 is 1.67 bits per heavy atom. The minimum absolute atomic E-state index is 0.0880. The summed E-state index contributed by atoms with van der Waals surface area (Å²) < 4.78 is 0. The first-order chi connectivity index (χ1) is 4.04. The van der Waals surface area contributed by atoms with Gasteiger partial charge >= 0.3 is 5.97 Å². The summed E-state index contributed by atoms with van der Waals surface area (Å²) in [6.07, 6.45) is -0.0880. The van der Waals surface area contributed by atoms with Gasteiger partial charge in [0.25, 0.3) is 0 Å². The largest absolute Gasteiger partial charge is 0.481 e. The minimum Gasteiger partial charge on any atom is -0.481 e. The Balaban J connectivity index is 3.63. The van der Waals surface area contributed by atoms with Crippen LogP contribution < -0.4 is 5.73 Å². The Hall–Kier alpha value is -1.06. The van der Waals surface area contributed by atoms with Crippen LogP contribution in [0.3, 0.4) is 0 Å². The molecule has 0 aromatic carbocycles. The molecule has 0 aliphatic rings. The number of hydrogen-bond acceptors (Lipinski definition) is 2. The van der Waals surface area contributed by atoms with Crippen molar-refractivity contribution in [2.45, 2.75) is 13.3 Å². The van der Waals surface area contributed by atoms with E-state index in [2.05, 4.69) is 0 Å². The lowest BCUT2D eigenvalue weighted by molar-refractivity contribution is -0.143. The fourth-order valence-electron chi connectivity index (χ4n) is 0.389. The van der Waals surface area contributed by atoms with Crippen LogP contribution in [0.25, 0.3) is 0 Å². The number of aliphatic carboxylic acids is 1. The van der Waals surface area contributed by atoms with E-state index in [1.165, 1.54) is 6.92 Å². The molecular weight excluding hydrogens is 122 g/mol. The van der Waals surface area contributed by atoms with Crippen LogP contribution in [0.15, 0.2) is 0 Å². The molecule has 0 spiro atoms. The molecule has 3 N–H and O–H groups in total. The van der Waals surface area contributed by atoms with Crippen molar-refractivity contribution in [3.05, 3.63) is 0 Å². The zero-order valence-electron chi connectivity index (χ0n) is 5.13. The molecule has 0 fully saturated rings. The number of carboxylic acid groups (broad SMARTS) is 1. The van der Waals surface area contributed by atoms with Gasteiger partial charge in [-0.2, -0.15) is 0 Å². The average molecular weight is 131 g/mol. The molecule has 0 radical (unpaired) electrons. The first kappa shape index (κ1) is 7.94. The predicted molar refractivity (Wildman–Crippen MR) is 30.6 cm³/mol. The van der Waals surface area contributed by atoms with E-state index in [0.29, 0.717) is 0 Å². The summed E-state index contributed by atoms with van der Waals surface area (Å²) in [5.74, 6) is -2.23. The molecule has 0 unspecified atom stereocenters. The van der Waals surface area contributed by atoms with Crippen LogP contribution in [-0.4, -0.2) is 17.0 Å². The van der Waals surface area contributed by atoms with Crippen LogP contribution in [-0.2, 0) is 9.59 Å². The quantitative estimate of drug-likeness (QED) is 0.546. The summed E-state index contributed by atoms with van der Waals surface area (Å²) in [4.78, 5) is 20.1. The van der Waals surface area contributed by atoms with E-state index in [9.17, 15) is 9.59 Å². The molecule has 0 rings (SSSR count). The molecule has 0 saturated carbocycles. The highest BCUT2D eigenvalue weighted by molar-refractivity contribution is 5.80. The first-order valence-corrected chi connectivity index (χ1v) is 2.55. The van der Waals surface area contributed by atoms with Gasteiger partial charge in [-0.1, -0.05) is 6.92 Å². The summed E-state index contributed by atoms with van der Waals surface area (Å²) in [5.41, 5.74) is 4.73. The third-order valence-corrected chi connectivity index (χ3v) is 0.929. The van der Waals surface area contributed by atoms with Crippen molar-refractivity contribution in [3.8, 4) is 0 Å². The summed E-state index contributed by atoms with van der Waals surface area (Å²) >= 11 is 0. The van der Waals surface area contributed by atoms with Crippen molar-refractivity contribution in [1.29, 1.82) is 0 Å². The maximum atomic E-state index is 10.1. The third-order valence-electron chi connectivity index (χ3n) is 0.929. The normalized spacial score (nSPS) is 12.6. The van der Waals surface area contributed by atoms with Gasteiger partial charge in [0.05, 0.1) is 5.92 Å². The van der Waals surface area contributed by atoms with Crippen LogP contribution in [0.4, 0.5) is 0 Å². The van der Waals surface area contributed by atoms with Gasteiger partial charge in [0, 0.05) is 6.42 Å². The Morgan fingerprint density at radius 2 is 2.11 bits per heavy atom. The van der Waals surface area contributed by atoms with Gasteiger partial charge < -0.3 is 10.8 Å². The molecule has 0 aromatic heterocycles. The zero-order valence-corrected chi connectivity index (χ0v) is 5.13. The average Bonchev–Trinajstić information content (AvgIpc) is 1.63. The molecule has 0 aliphatic heterocycles. The third kappa shape index (κ3) is 3.52. The van der Waals surface area contributed by atoms with Crippen molar-refractivity contribution in [2.75, 3.05) is 0 Å². The Morgan fingerprint density at radius 3 is 2.22 bits per heavy atom. The van der Waals surface area contributed by atoms with E-state index in [1.54, 1.807) is 0 Å². The lowest BCUT2D eigenvalue weighted by Crippen LogP contribution is -2.19. The van der Waals surface area contributed by atoms with Crippen LogP contribution >= 0.6 is 0 Å². The van der Waals surface area contributed by atoms with Gasteiger partial charge in [-0.3, -0.25) is 9.59 Å². The second-order valence-corrected chi connectivity index (χ2v) is 1.91. The SMILES string of the molecule is C[C@H](CC(N)=O)C(=O)O. The van der Waals surface area contributed by atoms with E-state index in [4.69, 9.17) is 10.8 Å². The highest BCUT2D eigenvalue weighted by Crippen LogP contribution is 1.98. The number of nitrogens with two attached hydrogens (primary N) is 1. The zero-order chi connectivity index (χ0) is 7.44. The molecular formula is C5H9NO3. The van der Waals surface area contributed by atoms with Gasteiger partial charge in [-0.05, 0) is 0 Å². The fraction of sp³-hybridized carbons (Fsp3) is 0.600. The van der Waals surface area contributed by atoms with Gasteiger partial charge in [-0.25, -0.2) is 0 Å². The van der Waals surface area contributed by atoms with Crippen molar-refractivity contribution in [3.63, 3.8) is 0 Å². The standard InChI is InChI=1S/C5H9NO3/c1-3(5(8)9)2-4(6)7/h3H,2H2,1H3,(H2,6,7)(H,8,9)/t3-/m1/s1. The van der Waals surface area contributed by atoms with Crippen molar-refractivity contribution in [2.24, 2.45) is 11.7 Å². The number of hydrogen-bond donors (Lipinski definition) is 2. The highest BCUT2D eigenvalue weighted by atomic mass is 16.4. The number of primary amides is 1. The molecule has 0 aliphatic carbocycles. The van der Waals surface area contributed by atoms with Crippen LogP contribution in [0.5, 0.6) is 0 Å².